The summed E-state index contributed by atoms with van der Waals surface area (Å²) in [5.41, 5.74) is 0. The van der Waals surface area contributed by atoms with Gasteiger partial charge in [0.15, 0.2) is 0 Å². The summed E-state index contributed by atoms with van der Waals surface area (Å²) < 4.78 is 10.5. The van der Waals surface area contributed by atoms with Gasteiger partial charge in [-0.05, 0) is 6.42 Å². The SMILES string of the molecule is CCC[SiH2]CCCOCC1CO1. The molecule has 0 amide bonds. The molecule has 0 spiro atoms. The van der Waals surface area contributed by atoms with Gasteiger partial charge in [0, 0.05) is 16.1 Å². The van der Waals surface area contributed by atoms with E-state index in [-0.39, 0.29) is 9.52 Å². The van der Waals surface area contributed by atoms with E-state index < -0.39 is 0 Å². The molecule has 0 bridgehead atoms. The van der Waals surface area contributed by atoms with Crippen molar-refractivity contribution in [1.82, 2.24) is 0 Å². The maximum atomic E-state index is 5.43. The van der Waals surface area contributed by atoms with Crippen molar-refractivity contribution in [3.05, 3.63) is 0 Å². The van der Waals surface area contributed by atoms with Crippen LogP contribution in [0.25, 0.3) is 0 Å². The van der Waals surface area contributed by atoms with Crippen LogP contribution in [0.1, 0.15) is 19.8 Å². The van der Waals surface area contributed by atoms with Crippen LogP contribution in [0.4, 0.5) is 0 Å². The smallest absolute Gasteiger partial charge is 0.104 e. The fourth-order valence-corrected chi connectivity index (χ4v) is 2.60. The highest BCUT2D eigenvalue weighted by Crippen LogP contribution is 2.08. The molecule has 1 unspecified atom stereocenters. The number of epoxide rings is 1. The van der Waals surface area contributed by atoms with Crippen LogP contribution in [0.3, 0.4) is 0 Å². The van der Waals surface area contributed by atoms with Crippen LogP contribution in [-0.2, 0) is 9.47 Å². The van der Waals surface area contributed by atoms with E-state index in [9.17, 15) is 0 Å². The predicted molar refractivity (Wildman–Crippen MR) is 53.6 cm³/mol. The van der Waals surface area contributed by atoms with Crippen LogP contribution >= 0.6 is 0 Å². The Morgan fingerprint density at radius 1 is 1.50 bits per heavy atom. The molecule has 2 nitrogen and oxygen atoms in total. The zero-order valence-corrected chi connectivity index (χ0v) is 9.46. The summed E-state index contributed by atoms with van der Waals surface area (Å²) in [6, 6.07) is 2.96. The van der Waals surface area contributed by atoms with Gasteiger partial charge in [-0.1, -0.05) is 25.4 Å². The zero-order chi connectivity index (χ0) is 8.65. The molecular weight excluding hydrogens is 168 g/mol. The van der Waals surface area contributed by atoms with Gasteiger partial charge in [-0.3, -0.25) is 0 Å². The molecule has 1 aliphatic rings. The number of rotatable bonds is 8. The quantitative estimate of drug-likeness (QED) is 0.324. The summed E-state index contributed by atoms with van der Waals surface area (Å²) in [4.78, 5) is 0. The third kappa shape index (κ3) is 5.74. The Bertz CT molecular complexity index is 105. The topological polar surface area (TPSA) is 21.8 Å². The average Bonchev–Trinajstić information content (AvgIpc) is 2.87. The first kappa shape index (κ1) is 10.2. The normalized spacial score (nSPS) is 22.2. The fourth-order valence-electron chi connectivity index (χ4n) is 1.19. The summed E-state index contributed by atoms with van der Waals surface area (Å²) >= 11 is 0. The fraction of sp³-hybridized carbons (Fsp3) is 1.00. The van der Waals surface area contributed by atoms with E-state index in [4.69, 9.17) is 9.47 Å². The van der Waals surface area contributed by atoms with Gasteiger partial charge in [0.05, 0.1) is 13.2 Å². The number of hydrogen-bond acceptors (Lipinski definition) is 2. The molecule has 0 N–H and O–H groups in total. The Kier molecular flexibility index (Phi) is 5.65. The van der Waals surface area contributed by atoms with E-state index >= 15 is 0 Å². The van der Waals surface area contributed by atoms with E-state index in [2.05, 4.69) is 6.92 Å². The van der Waals surface area contributed by atoms with Crippen molar-refractivity contribution < 1.29 is 9.47 Å². The lowest BCUT2D eigenvalue weighted by Crippen LogP contribution is -2.03. The molecule has 1 aliphatic heterocycles. The third-order valence-corrected chi connectivity index (χ3v) is 4.31. The molecule has 1 heterocycles. The maximum Gasteiger partial charge on any atom is 0.104 e. The highest BCUT2D eigenvalue weighted by atomic mass is 28.2. The Morgan fingerprint density at radius 2 is 2.33 bits per heavy atom. The molecule has 0 saturated carbocycles. The van der Waals surface area contributed by atoms with Crippen molar-refractivity contribution in [3.63, 3.8) is 0 Å². The summed E-state index contributed by atoms with van der Waals surface area (Å²) in [5.74, 6) is 0. The highest BCUT2D eigenvalue weighted by Gasteiger charge is 2.21. The molecular formula is C9H20O2Si. The van der Waals surface area contributed by atoms with Gasteiger partial charge < -0.3 is 9.47 Å². The monoisotopic (exact) mass is 188 g/mol. The van der Waals surface area contributed by atoms with Crippen molar-refractivity contribution in [2.45, 2.75) is 38.0 Å². The number of ether oxygens (including phenoxy) is 2. The van der Waals surface area contributed by atoms with Gasteiger partial charge in [0.25, 0.3) is 0 Å². The minimum absolute atomic E-state index is 0.268. The van der Waals surface area contributed by atoms with Gasteiger partial charge in [-0.15, -0.1) is 0 Å². The summed E-state index contributed by atoms with van der Waals surface area (Å²) in [5, 5.41) is 0. The number of hydrogen-bond donors (Lipinski definition) is 0. The van der Waals surface area contributed by atoms with Crippen molar-refractivity contribution in [1.29, 1.82) is 0 Å². The highest BCUT2D eigenvalue weighted by molar-refractivity contribution is 6.35. The Balaban J connectivity index is 1.65. The van der Waals surface area contributed by atoms with E-state index in [1.807, 2.05) is 0 Å². The van der Waals surface area contributed by atoms with Crippen LogP contribution in [0, 0.1) is 0 Å². The molecule has 1 saturated heterocycles. The lowest BCUT2D eigenvalue weighted by molar-refractivity contribution is 0.117. The van der Waals surface area contributed by atoms with Gasteiger partial charge in [-0.25, -0.2) is 0 Å². The van der Waals surface area contributed by atoms with Crippen LogP contribution in [-0.4, -0.2) is 35.4 Å². The van der Waals surface area contributed by atoms with E-state index in [1.54, 1.807) is 0 Å². The predicted octanol–water partition coefficient (Wildman–Crippen LogP) is 1.21. The first-order chi connectivity index (χ1) is 5.93. The molecule has 12 heavy (non-hydrogen) atoms. The molecule has 0 aliphatic carbocycles. The maximum absolute atomic E-state index is 5.43. The van der Waals surface area contributed by atoms with E-state index in [0.717, 1.165) is 19.8 Å². The Morgan fingerprint density at radius 3 is 3.00 bits per heavy atom. The summed E-state index contributed by atoms with van der Waals surface area (Å²) in [6.07, 6.45) is 3.10. The Hall–Kier alpha value is 0.137. The lowest BCUT2D eigenvalue weighted by Gasteiger charge is -2.00. The molecule has 0 aromatic heterocycles. The van der Waals surface area contributed by atoms with Crippen molar-refractivity contribution in [2.24, 2.45) is 0 Å². The molecule has 72 valence electrons. The minimum Gasteiger partial charge on any atom is -0.379 e. The van der Waals surface area contributed by atoms with E-state index in [0.29, 0.717) is 6.10 Å². The zero-order valence-electron chi connectivity index (χ0n) is 8.05. The molecule has 1 rings (SSSR count). The minimum atomic E-state index is 0.268. The summed E-state index contributed by atoms with van der Waals surface area (Å²) in [6.45, 7) is 4.98. The molecule has 1 atom stereocenters. The van der Waals surface area contributed by atoms with Crippen molar-refractivity contribution in [2.75, 3.05) is 19.8 Å². The van der Waals surface area contributed by atoms with Crippen LogP contribution in [0.5, 0.6) is 0 Å². The van der Waals surface area contributed by atoms with Gasteiger partial charge >= 0.3 is 0 Å². The van der Waals surface area contributed by atoms with Crippen molar-refractivity contribution >= 4 is 9.52 Å². The third-order valence-electron chi connectivity index (χ3n) is 2.10. The molecule has 0 aromatic rings. The van der Waals surface area contributed by atoms with E-state index in [1.165, 1.54) is 24.9 Å². The average molecular weight is 188 g/mol. The molecule has 0 aromatic carbocycles. The first-order valence-electron chi connectivity index (χ1n) is 5.13. The molecule has 0 radical (unpaired) electrons. The Labute approximate surface area is 77.5 Å². The van der Waals surface area contributed by atoms with Crippen LogP contribution < -0.4 is 0 Å². The summed E-state index contributed by atoms with van der Waals surface area (Å²) in [7, 11) is 0.268. The standard InChI is InChI=1S/C9H20O2Si/c1-2-5-12-6-3-4-10-7-9-8-11-9/h9H,2-8,12H2,1H3. The molecule has 1 fully saturated rings. The largest absolute Gasteiger partial charge is 0.379 e. The van der Waals surface area contributed by atoms with Gasteiger partial charge in [-0.2, -0.15) is 0 Å². The van der Waals surface area contributed by atoms with Gasteiger partial charge in [0.1, 0.15) is 6.10 Å². The van der Waals surface area contributed by atoms with Crippen LogP contribution in [0.2, 0.25) is 12.1 Å². The second kappa shape index (κ2) is 6.63. The first-order valence-corrected chi connectivity index (χ1v) is 7.13. The second-order valence-corrected chi connectivity index (χ2v) is 5.57. The van der Waals surface area contributed by atoms with Gasteiger partial charge in [0.2, 0.25) is 0 Å². The lowest BCUT2D eigenvalue weighted by atomic mass is 10.5. The second-order valence-electron chi connectivity index (χ2n) is 3.44. The van der Waals surface area contributed by atoms with Crippen molar-refractivity contribution in [3.8, 4) is 0 Å². The molecule has 3 heteroatoms. The van der Waals surface area contributed by atoms with Crippen LogP contribution in [0.15, 0.2) is 0 Å².